The number of rotatable bonds is 24. The average Bonchev–Trinajstić information content (AvgIpc) is 3.12. The Kier molecular flexibility index (Phi) is 18.2. The van der Waals surface area contributed by atoms with Gasteiger partial charge in [0.2, 0.25) is 0 Å². The summed E-state index contributed by atoms with van der Waals surface area (Å²) in [6.45, 7) is 14.3. The molecule has 0 spiro atoms. The molecule has 1 amide bonds. The predicted octanol–water partition coefficient (Wildman–Crippen LogP) is 6.18. The SMILES string of the molecule is CCCC[N+](CCCC)(CCCC)C(CCC)C(OCC(=O)[O-])C(=O)NCCN1CCCC(C(c2ccccc2)c2ccc(OC)cc2)C1. The number of aliphatic carboxylic acids is 1. The van der Waals surface area contributed by atoms with Crippen LogP contribution in [0.15, 0.2) is 54.6 Å². The Morgan fingerprint density at radius 3 is 2.06 bits per heavy atom. The van der Waals surface area contributed by atoms with Crippen LogP contribution in [0.4, 0.5) is 0 Å². The molecule has 2 aromatic rings. The summed E-state index contributed by atoms with van der Waals surface area (Å²) in [5.41, 5.74) is 2.61. The van der Waals surface area contributed by atoms with Crippen molar-refractivity contribution in [2.45, 2.75) is 110 Å². The van der Waals surface area contributed by atoms with Crippen LogP contribution in [-0.4, -0.2) is 92.9 Å². The van der Waals surface area contributed by atoms with Gasteiger partial charge >= 0.3 is 0 Å². The number of amides is 1. The number of piperidine rings is 1. The molecule has 8 nitrogen and oxygen atoms in total. The van der Waals surface area contributed by atoms with E-state index in [0.29, 0.717) is 12.5 Å². The van der Waals surface area contributed by atoms with E-state index in [1.165, 1.54) is 11.1 Å². The molecule has 1 aliphatic rings. The number of carboxylic acids is 1. The van der Waals surface area contributed by atoms with Crippen LogP contribution in [0, 0.1) is 5.92 Å². The summed E-state index contributed by atoms with van der Waals surface area (Å²) in [7, 11) is 1.70. The van der Waals surface area contributed by atoms with Crippen LogP contribution < -0.4 is 15.2 Å². The molecule has 1 heterocycles. The molecule has 8 heteroatoms. The normalized spacial score (nSPS) is 17.3. The predicted molar refractivity (Wildman–Crippen MR) is 196 cm³/mol. The van der Waals surface area contributed by atoms with Gasteiger partial charge in [0.25, 0.3) is 5.91 Å². The Morgan fingerprint density at radius 2 is 1.51 bits per heavy atom. The summed E-state index contributed by atoms with van der Waals surface area (Å²) >= 11 is 0. The minimum Gasteiger partial charge on any atom is -0.548 e. The number of hydrogen-bond acceptors (Lipinski definition) is 6. The van der Waals surface area contributed by atoms with E-state index in [1.54, 1.807) is 7.11 Å². The molecule has 1 saturated heterocycles. The van der Waals surface area contributed by atoms with E-state index in [1.807, 2.05) is 12.1 Å². The Labute approximate surface area is 297 Å². The number of quaternary nitrogens is 1. The van der Waals surface area contributed by atoms with Crippen molar-refractivity contribution >= 4 is 11.9 Å². The number of benzene rings is 2. The van der Waals surface area contributed by atoms with Crippen LogP contribution >= 0.6 is 0 Å². The summed E-state index contributed by atoms with van der Waals surface area (Å²) in [5, 5.41) is 14.8. The molecule has 4 unspecified atom stereocenters. The highest BCUT2D eigenvalue weighted by atomic mass is 16.5. The highest BCUT2D eigenvalue weighted by Gasteiger charge is 2.44. The van der Waals surface area contributed by atoms with Crippen molar-refractivity contribution in [1.82, 2.24) is 10.2 Å². The Bertz CT molecular complexity index is 1190. The fourth-order valence-electron chi connectivity index (χ4n) is 7.99. The smallest absolute Gasteiger partial charge is 0.255 e. The molecule has 4 atom stereocenters. The number of carboxylic acid groups (broad SMARTS) is 1. The van der Waals surface area contributed by atoms with E-state index in [0.717, 1.165) is 114 Å². The van der Waals surface area contributed by atoms with Crippen molar-refractivity contribution in [2.75, 3.05) is 59.5 Å². The first-order valence-electron chi connectivity index (χ1n) is 19.2. The Morgan fingerprint density at radius 1 is 0.898 bits per heavy atom. The number of carbonyl (C=O) groups excluding carboxylic acids is 2. The fourth-order valence-corrected chi connectivity index (χ4v) is 7.99. The monoisotopic (exact) mass is 679 g/mol. The molecular weight excluding hydrogens is 614 g/mol. The van der Waals surface area contributed by atoms with Crippen molar-refractivity contribution in [1.29, 1.82) is 0 Å². The molecule has 0 saturated carbocycles. The maximum absolute atomic E-state index is 14.1. The largest absolute Gasteiger partial charge is 0.548 e. The molecule has 0 bridgehead atoms. The van der Waals surface area contributed by atoms with Crippen LogP contribution in [0.2, 0.25) is 0 Å². The number of unbranched alkanes of at least 4 members (excludes halogenated alkanes) is 3. The van der Waals surface area contributed by atoms with Gasteiger partial charge in [-0.25, -0.2) is 0 Å². The lowest BCUT2D eigenvalue weighted by Crippen LogP contribution is -2.64. The summed E-state index contributed by atoms with van der Waals surface area (Å²) in [5.74, 6) is 0.0762. The molecule has 0 radical (unpaired) electrons. The van der Waals surface area contributed by atoms with Gasteiger partial charge in [0.15, 0.2) is 6.10 Å². The van der Waals surface area contributed by atoms with Gasteiger partial charge in [0, 0.05) is 32.0 Å². The van der Waals surface area contributed by atoms with Gasteiger partial charge in [0.05, 0.1) is 39.3 Å². The van der Waals surface area contributed by atoms with Gasteiger partial charge in [-0.2, -0.15) is 0 Å². The maximum Gasteiger partial charge on any atom is 0.255 e. The molecule has 3 rings (SSSR count). The van der Waals surface area contributed by atoms with Crippen molar-refractivity contribution in [3.05, 3.63) is 65.7 Å². The summed E-state index contributed by atoms with van der Waals surface area (Å²) < 4.78 is 12.3. The lowest BCUT2D eigenvalue weighted by Gasteiger charge is -2.48. The minimum absolute atomic E-state index is 0.107. The van der Waals surface area contributed by atoms with Gasteiger partial charge in [-0.05, 0) is 67.8 Å². The quantitative estimate of drug-likeness (QED) is 0.133. The lowest BCUT2D eigenvalue weighted by atomic mass is 9.77. The van der Waals surface area contributed by atoms with Crippen LogP contribution in [0.3, 0.4) is 0 Å². The van der Waals surface area contributed by atoms with Crippen molar-refractivity contribution in [2.24, 2.45) is 5.92 Å². The standard InChI is InChI=1S/C41H65N3O5/c1-6-10-28-44(29-11-7-2,30-12-8-3)37(17-9-4)40(49-32-38(45)46)41(47)42-25-27-43-26-16-20-35(31-43)39(33-18-14-13-15-19-33)34-21-23-36(48-5)24-22-34/h13-15,18-19,21-24,35,37,39-40H,6-12,16-17,20,25-32H2,1-5H3,(H-,42,45,46,47). The van der Waals surface area contributed by atoms with Gasteiger partial charge in [-0.1, -0.05) is 95.8 Å². The number of hydrogen-bond donors (Lipinski definition) is 1. The van der Waals surface area contributed by atoms with E-state index in [4.69, 9.17) is 9.47 Å². The summed E-state index contributed by atoms with van der Waals surface area (Å²) in [6.07, 6.45) is 9.55. The minimum atomic E-state index is -1.29. The average molecular weight is 680 g/mol. The molecule has 49 heavy (non-hydrogen) atoms. The number of nitrogens with zero attached hydrogens (tertiary/aromatic N) is 2. The molecule has 2 aromatic carbocycles. The van der Waals surface area contributed by atoms with Crippen LogP contribution in [0.1, 0.15) is 109 Å². The van der Waals surface area contributed by atoms with Crippen LogP contribution in [-0.2, 0) is 14.3 Å². The van der Waals surface area contributed by atoms with E-state index in [-0.39, 0.29) is 17.9 Å². The fraction of sp³-hybridized carbons (Fsp3) is 0.659. The summed E-state index contributed by atoms with van der Waals surface area (Å²) in [4.78, 5) is 28.2. The molecule has 0 aromatic heterocycles. The molecule has 1 fully saturated rings. The molecule has 274 valence electrons. The Hall–Kier alpha value is -2.94. The van der Waals surface area contributed by atoms with Crippen LogP contribution in [0.25, 0.3) is 0 Å². The first-order chi connectivity index (χ1) is 23.8. The Balaban J connectivity index is 1.78. The van der Waals surface area contributed by atoms with Crippen molar-refractivity contribution < 1.29 is 28.7 Å². The molecule has 1 aliphatic heterocycles. The third-order valence-corrected chi connectivity index (χ3v) is 10.5. The molecule has 1 N–H and O–H groups in total. The third-order valence-electron chi connectivity index (χ3n) is 10.5. The first kappa shape index (κ1) is 40.5. The lowest BCUT2D eigenvalue weighted by molar-refractivity contribution is -0.954. The molecular formula is C41H65N3O5. The second-order valence-electron chi connectivity index (χ2n) is 14.1. The maximum atomic E-state index is 14.1. The van der Waals surface area contributed by atoms with Crippen molar-refractivity contribution in [3.8, 4) is 5.75 Å². The number of methoxy groups -OCH3 is 1. The van der Waals surface area contributed by atoms with E-state index < -0.39 is 18.7 Å². The zero-order valence-corrected chi connectivity index (χ0v) is 31.2. The van der Waals surface area contributed by atoms with E-state index >= 15 is 0 Å². The highest BCUT2D eigenvalue weighted by Crippen LogP contribution is 2.37. The van der Waals surface area contributed by atoms with Crippen LogP contribution in [0.5, 0.6) is 5.75 Å². The number of likely N-dealkylation sites (tertiary alicyclic amines) is 1. The number of carbonyl (C=O) groups is 2. The van der Waals surface area contributed by atoms with Gasteiger partial charge in [-0.3, -0.25) is 4.79 Å². The van der Waals surface area contributed by atoms with Gasteiger partial charge in [-0.15, -0.1) is 0 Å². The molecule has 0 aliphatic carbocycles. The van der Waals surface area contributed by atoms with Crippen molar-refractivity contribution in [3.63, 3.8) is 0 Å². The zero-order chi connectivity index (χ0) is 35.5. The van der Waals surface area contributed by atoms with E-state index in [2.05, 4.69) is 80.4 Å². The van der Waals surface area contributed by atoms with E-state index in [9.17, 15) is 14.7 Å². The zero-order valence-electron chi connectivity index (χ0n) is 31.2. The topological polar surface area (TPSA) is 90.9 Å². The second-order valence-corrected chi connectivity index (χ2v) is 14.1. The number of ether oxygens (including phenoxy) is 2. The summed E-state index contributed by atoms with van der Waals surface area (Å²) in [6, 6.07) is 19.1. The highest BCUT2D eigenvalue weighted by molar-refractivity contribution is 5.81. The van der Waals surface area contributed by atoms with Gasteiger partial charge in [0.1, 0.15) is 11.8 Å². The first-order valence-corrected chi connectivity index (χ1v) is 19.2. The van der Waals surface area contributed by atoms with Gasteiger partial charge < -0.3 is 34.1 Å². The third kappa shape index (κ3) is 12.4. The number of nitrogens with one attached hydrogen (secondary N) is 1. The second kappa shape index (κ2) is 22.0.